The van der Waals surface area contributed by atoms with Gasteiger partial charge in [0.2, 0.25) is 0 Å². The minimum absolute atomic E-state index is 0.394. The fraction of sp³-hybridized carbons (Fsp3) is 0.316. The van der Waals surface area contributed by atoms with E-state index in [1.807, 2.05) is 12.4 Å². The number of nitrogens with zero attached hydrogens (tertiary/aromatic N) is 5. The Morgan fingerprint density at radius 3 is 2.77 bits per heavy atom. The summed E-state index contributed by atoms with van der Waals surface area (Å²) >= 11 is 1.65. The van der Waals surface area contributed by atoms with Gasteiger partial charge in [0.15, 0.2) is 5.82 Å². The smallest absolute Gasteiger partial charge is 0.168 e. The van der Waals surface area contributed by atoms with Gasteiger partial charge in [0, 0.05) is 49.3 Å². The molecule has 0 fully saturated rings. The molecule has 0 saturated carbocycles. The summed E-state index contributed by atoms with van der Waals surface area (Å²) in [5.74, 6) is 2.34. The maximum Gasteiger partial charge on any atom is 0.168 e. The van der Waals surface area contributed by atoms with Gasteiger partial charge >= 0.3 is 0 Å². The average molecular weight is 367 g/mol. The number of fused-ring (bicyclic) bond motifs is 2. The molecule has 3 aromatic rings. The number of ether oxygens (including phenoxy) is 1. The van der Waals surface area contributed by atoms with Gasteiger partial charge < -0.3 is 9.30 Å². The van der Waals surface area contributed by atoms with Crippen molar-refractivity contribution in [3.05, 3.63) is 54.4 Å². The van der Waals surface area contributed by atoms with Crippen molar-refractivity contribution < 1.29 is 4.74 Å². The summed E-state index contributed by atoms with van der Waals surface area (Å²) in [5.41, 5.74) is 2.33. The average Bonchev–Trinajstić information content (AvgIpc) is 3.10. The van der Waals surface area contributed by atoms with E-state index in [9.17, 15) is 0 Å². The Balaban J connectivity index is 1.70. The third-order valence-corrected chi connectivity index (χ3v) is 5.34. The lowest BCUT2D eigenvalue weighted by Crippen LogP contribution is -2.24. The molecule has 26 heavy (non-hydrogen) atoms. The summed E-state index contributed by atoms with van der Waals surface area (Å²) in [7, 11) is 1.70. The van der Waals surface area contributed by atoms with Crippen molar-refractivity contribution in [1.82, 2.24) is 19.5 Å². The van der Waals surface area contributed by atoms with Gasteiger partial charge in [0.25, 0.3) is 0 Å². The molecule has 0 amide bonds. The summed E-state index contributed by atoms with van der Waals surface area (Å²) < 4.78 is 7.63. The zero-order valence-electron chi connectivity index (χ0n) is 15.1. The molecule has 0 saturated heterocycles. The van der Waals surface area contributed by atoms with E-state index in [2.05, 4.69) is 56.5 Å². The van der Waals surface area contributed by atoms with Crippen LogP contribution in [0.3, 0.4) is 0 Å². The van der Waals surface area contributed by atoms with E-state index >= 15 is 0 Å². The van der Waals surface area contributed by atoms with E-state index in [0.29, 0.717) is 12.6 Å². The van der Waals surface area contributed by atoms with Crippen LogP contribution in [0, 0.1) is 0 Å². The minimum atomic E-state index is 0.394. The van der Waals surface area contributed by atoms with Crippen molar-refractivity contribution in [3.63, 3.8) is 0 Å². The first-order valence-corrected chi connectivity index (χ1v) is 9.38. The van der Waals surface area contributed by atoms with Gasteiger partial charge in [0.1, 0.15) is 17.6 Å². The van der Waals surface area contributed by atoms with Crippen molar-refractivity contribution in [2.24, 2.45) is 0 Å². The number of hydrogen-bond acceptors (Lipinski definition) is 6. The molecule has 1 aromatic carbocycles. The molecular weight excluding hydrogens is 346 g/mol. The summed E-state index contributed by atoms with van der Waals surface area (Å²) in [6, 6.07) is 6.53. The van der Waals surface area contributed by atoms with Crippen molar-refractivity contribution in [1.29, 1.82) is 0 Å². The van der Waals surface area contributed by atoms with Gasteiger partial charge in [-0.15, -0.1) is 0 Å². The Morgan fingerprint density at radius 2 is 1.96 bits per heavy atom. The molecule has 7 heteroatoms. The number of aromatic nitrogens is 4. The maximum atomic E-state index is 5.43. The topological polar surface area (TPSA) is 56.1 Å². The molecule has 0 spiro atoms. The van der Waals surface area contributed by atoms with Crippen LogP contribution in [0.5, 0.6) is 0 Å². The molecule has 1 aliphatic rings. The SMILES string of the molecule is COCN1c2cc(Cn3ccnc3C(C)C)ccc2Sc2nccnc21. The lowest BCUT2D eigenvalue weighted by molar-refractivity contribution is 0.204. The van der Waals surface area contributed by atoms with Crippen LogP contribution in [-0.2, 0) is 11.3 Å². The van der Waals surface area contributed by atoms with Crippen LogP contribution >= 0.6 is 11.8 Å². The van der Waals surface area contributed by atoms with Gasteiger partial charge in [-0.25, -0.2) is 15.0 Å². The molecule has 0 aliphatic carbocycles. The highest BCUT2D eigenvalue weighted by molar-refractivity contribution is 7.99. The molecule has 134 valence electrons. The van der Waals surface area contributed by atoms with Gasteiger partial charge in [-0.05, 0) is 17.7 Å². The van der Waals surface area contributed by atoms with E-state index in [1.165, 1.54) is 5.56 Å². The van der Waals surface area contributed by atoms with Crippen LogP contribution in [0.25, 0.3) is 0 Å². The first-order chi connectivity index (χ1) is 12.7. The number of anilines is 2. The van der Waals surface area contributed by atoms with Crippen LogP contribution < -0.4 is 4.90 Å². The van der Waals surface area contributed by atoms with Crippen LogP contribution in [0.15, 0.2) is 52.9 Å². The van der Waals surface area contributed by atoms with Crippen molar-refractivity contribution in [3.8, 4) is 0 Å². The lowest BCUT2D eigenvalue weighted by atomic mass is 10.1. The third kappa shape index (κ3) is 3.08. The van der Waals surface area contributed by atoms with E-state index in [1.54, 1.807) is 31.3 Å². The highest BCUT2D eigenvalue weighted by atomic mass is 32.2. The molecule has 2 aromatic heterocycles. The Hall–Kier alpha value is -2.38. The van der Waals surface area contributed by atoms with Gasteiger partial charge in [-0.3, -0.25) is 4.90 Å². The number of hydrogen-bond donors (Lipinski definition) is 0. The first-order valence-electron chi connectivity index (χ1n) is 8.56. The zero-order valence-corrected chi connectivity index (χ0v) is 15.9. The second-order valence-electron chi connectivity index (χ2n) is 6.50. The minimum Gasteiger partial charge on any atom is -0.364 e. The summed E-state index contributed by atoms with van der Waals surface area (Å²) in [6.07, 6.45) is 7.35. The van der Waals surface area contributed by atoms with Crippen molar-refractivity contribution >= 4 is 23.3 Å². The normalized spacial score (nSPS) is 13.0. The van der Waals surface area contributed by atoms with Crippen LogP contribution in [0.1, 0.15) is 31.2 Å². The monoisotopic (exact) mass is 367 g/mol. The quantitative estimate of drug-likeness (QED) is 0.678. The van der Waals surface area contributed by atoms with E-state index in [4.69, 9.17) is 4.74 Å². The molecule has 0 bridgehead atoms. The lowest BCUT2D eigenvalue weighted by Gasteiger charge is -2.30. The standard InChI is InChI=1S/C19H21N5OS/c1-13(2)17-21-8-9-23(17)11-14-4-5-16-15(10-14)24(12-25-3)18-19(26-16)22-7-6-20-18/h4-10,13H,11-12H2,1-3H3. The van der Waals surface area contributed by atoms with Crippen LogP contribution in [-0.4, -0.2) is 33.4 Å². The Bertz CT molecular complexity index is 924. The number of rotatable bonds is 5. The summed E-state index contributed by atoms with van der Waals surface area (Å²) in [6.45, 7) is 5.56. The molecule has 0 unspecified atom stereocenters. The van der Waals surface area contributed by atoms with Crippen LogP contribution in [0.4, 0.5) is 11.5 Å². The fourth-order valence-electron chi connectivity index (χ4n) is 3.16. The number of imidazole rings is 1. The van der Waals surface area contributed by atoms with Gasteiger partial charge in [-0.2, -0.15) is 0 Å². The first kappa shape index (κ1) is 17.1. The summed E-state index contributed by atoms with van der Waals surface area (Å²) in [5, 5.41) is 0.904. The fourth-order valence-corrected chi connectivity index (χ4v) is 4.15. The number of methoxy groups -OCH3 is 1. The molecule has 0 atom stereocenters. The predicted molar refractivity (Wildman–Crippen MR) is 102 cm³/mol. The maximum absolute atomic E-state index is 5.43. The molecular formula is C19H21N5OS. The van der Waals surface area contributed by atoms with Gasteiger partial charge in [0.05, 0.1) is 5.69 Å². The zero-order chi connectivity index (χ0) is 18.1. The molecule has 4 rings (SSSR count). The Kier molecular flexibility index (Phi) is 4.65. The molecule has 6 nitrogen and oxygen atoms in total. The van der Waals surface area contributed by atoms with E-state index < -0.39 is 0 Å². The van der Waals surface area contributed by atoms with Gasteiger partial charge in [-0.1, -0.05) is 31.7 Å². The molecule has 0 N–H and O–H groups in total. The summed E-state index contributed by atoms with van der Waals surface area (Å²) in [4.78, 5) is 16.7. The highest BCUT2D eigenvalue weighted by Crippen LogP contribution is 2.46. The second kappa shape index (κ2) is 7.09. The number of benzene rings is 1. The Labute approximate surface area is 157 Å². The second-order valence-corrected chi connectivity index (χ2v) is 7.53. The predicted octanol–water partition coefficient (Wildman–Crippen LogP) is 4.05. The largest absolute Gasteiger partial charge is 0.364 e. The van der Waals surface area contributed by atoms with Crippen molar-refractivity contribution in [2.45, 2.75) is 36.2 Å². The molecule has 3 heterocycles. The Morgan fingerprint density at radius 1 is 1.12 bits per heavy atom. The molecule has 0 radical (unpaired) electrons. The molecule has 1 aliphatic heterocycles. The van der Waals surface area contributed by atoms with Crippen molar-refractivity contribution in [2.75, 3.05) is 18.7 Å². The van der Waals surface area contributed by atoms with Crippen LogP contribution in [0.2, 0.25) is 0 Å². The highest BCUT2D eigenvalue weighted by Gasteiger charge is 2.25. The van der Waals surface area contributed by atoms with E-state index in [-0.39, 0.29) is 0 Å². The third-order valence-electron chi connectivity index (χ3n) is 4.30. The van der Waals surface area contributed by atoms with E-state index in [0.717, 1.165) is 33.8 Å².